The molecule has 0 spiro atoms. The third-order valence-corrected chi connectivity index (χ3v) is 4.50. The van der Waals surface area contributed by atoms with Gasteiger partial charge in [0.2, 0.25) is 0 Å². The number of benzene rings is 1. The maximum atomic E-state index is 12.4. The lowest BCUT2D eigenvalue weighted by Crippen LogP contribution is -2.49. The van der Waals surface area contributed by atoms with Gasteiger partial charge in [-0.15, -0.1) is 0 Å². The van der Waals surface area contributed by atoms with E-state index in [1.807, 2.05) is 4.90 Å². The summed E-state index contributed by atoms with van der Waals surface area (Å²) >= 11 is 0. The Bertz CT molecular complexity index is 563. The van der Waals surface area contributed by atoms with E-state index in [0.717, 1.165) is 17.9 Å². The molecule has 0 saturated carbocycles. The molecular weight excluding hydrogens is 308 g/mol. The number of hydroxylamine groups is 2. The van der Waals surface area contributed by atoms with Gasteiger partial charge in [0.05, 0.1) is 7.11 Å². The third kappa shape index (κ3) is 4.26. The van der Waals surface area contributed by atoms with Crippen LogP contribution in [0.25, 0.3) is 0 Å². The second-order valence-electron chi connectivity index (χ2n) is 6.23. The van der Waals surface area contributed by atoms with E-state index in [2.05, 4.69) is 13.8 Å². The Balaban J connectivity index is 1.92. The topological polar surface area (TPSA) is 59.1 Å². The Morgan fingerprint density at radius 1 is 1.17 bits per heavy atom. The van der Waals surface area contributed by atoms with Gasteiger partial charge in [-0.3, -0.25) is 14.4 Å². The number of likely N-dealkylation sites (tertiary alicyclic amines) is 1. The number of rotatable bonds is 5. The minimum atomic E-state index is -0.240. The first-order chi connectivity index (χ1) is 11.4. The molecule has 24 heavy (non-hydrogen) atoms. The molecule has 1 aliphatic rings. The quantitative estimate of drug-likeness (QED) is 0.776. The highest BCUT2D eigenvalue weighted by atomic mass is 16.7. The lowest BCUT2D eigenvalue weighted by Gasteiger charge is -2.38. The van der Waals surface area contributed by atoms with Gasteiger partial charge in [0.25, 0.3) is 11.8 Å². The molecule has 132 valence electrons. The fraction of sp³-hybridized carbons (Fsp3) is 0.556. The van der Waals surface area contributed by atoms with E-state index in [4.69, 9.17) is 9.57 Å². The number of carbonyl (C=O) groups excluding carboxylic acids is 2. The molecule has 0 aromatic heterocycles. The lowest BCUT2D eigenvalue weighted by molar-refractivity contribution is -0.139. The second kappa shape index (κ2) is 8.15. The molecule has 1 fully saturated rings. The molecule has 1 aliphatic heterocycles. The first kappa shape index (κ1) is 18.3. The number of piperidine rings is 1. The van der Waals surface area contributed by atoms with Crippen molar-refractivity contribution in [2.45, 2.75) is 45.2 Å². The van der Waals surface area contributed by atoms with Crippen LogP contribution < -0.4 is 4.74 Å². The summed E-state index contributed by atoms with van der Waals surface area (Å²) in [5.74, 6) is 0.336. The van der Waals surface area contributed by atoms with E-state index < -0.39 is 0 Å². The van der Waals surface area contributed by atoms with Crippen molar-refractivity contribution < 1.29 is 19.2 Å². The van der Waals surface area contributed by atoms with Crippen molar-refractivity contribution in [3.63, 3.8) is 0 Å². The number of amides is 2. The molecular formula is C18H26N2O4. The van der Waals surface area contributed by atoms with Crippen LogP contribution in [0.4, 0.5) is 0 Å². The number of ether oxygens (including phenoxy) is 1. The third-order valence-electron chi connectivity index (χ3n) is 4.50. The highest BCUT2D eigenvalue weighted by Crippen LogP contribution is 2.23. The largest absolute Gasteiger partial charge is 0.484 e. The van der Waals surface area contributed by atoms with Gasteiger partial charge in [0.1, 0.15) is 5.75 Å². The SMILES string of the molecule is CON(C)C(=O)c1ccc(OCC(=O)N2C(C)CCCC2C)cc1. The summed E-state index contributed by atoms with van der Waals surface area (Å²) < 4.78 is 5.59. The van der Waals surface area contributed by atoms with Crippen LogP contribution in [0.5, 0.6) is 5.75 Å². The van der Waals surface area contributed by atoms with Gasteiger partial charge in [-0.2, -0.15) is 0 Å². The van der Waals surface area contributed by atoms with Crippen LogP contribution in [0.15, 0.2) is 24.3 Å². The number of carbonyl (C=O) groups is 2. The average molecular weight is 334 g/mol. The Labute approximate surface area is 143 Å². The minimum absolute atomic E-state index is 0.00830. The van der Waals surface area contributed by atoms with Gasteiger partial charge in [-0.25, -0.2) is 5.06 Å². The maximum absolute atomic E-state index is 12.4. The zero-order valence-corrected chi connectivity index (χ0v) is 14.8. The molecule has 0 N–H and O–H groups in total. The maximum Gasteiger partial charge on any atom is 0.277 e. The number of hydrogen-bond acceptors (Lipinski definition) is 4. The fourth-order valence-corrected chi connectivity index (χ4v) is 3.09. The molecule has 6 heteroatoms. The van der Waals surface area contributed by atoms with Gasteiger partial charge in [0, 0.05) is 24.7 Å². The van der Waals surface area contributed by atoms with Crippen LogP contribution in [-0.2, 0) is 9.63 Å². The lowest BCUT2D eigenvalue weighted by atomic mass is 9.97. The van der Waals surface area contributed by atoms with Crippen molar-refractivity contribution in [2.24, 2.45) is 0 Å². The summed E-state index contributed by atoms with van der Waals surface area (Å²) in [6, 6.07) is 7.21. The van der Waals surface area contributed by atoms with Crippen LogP contribution in [0, 0.1) is 0 Å². The summed E-state index contributed by atoms with van der Waals surface area (Å²) in [5, 5.41) is 1.15. The Morgan fingerprint density at radius 3 is 2.29 bits per heavy atom. The first-order valence-electron chi connectivity index (χ1n) is 8.30. The van der Waals surface area contributed by atoms with Crippen molar-refractivity contribution >= 4 is 11.8 Å². The predicted molar refractivity (Wildman–Crippen MR) is 90.7 cm³/mol. The summed E-state index contributed by atoms with van der Waals surface area (Å²) in [7, 11) is 2.98. The van der Waals surface area contributed by atoms with Crippen molar-refractivity contribution in [3.05, 3.63) is 29.8 Å². The molecule has 6 nitrogen and oxygen atoms in total. The molecule has 1 aromatic rings. The van der Waals surface area contributed by atoms with Crippen molar-refractivity contribution in [2.75, 3.05) is 20.8 Å². The molecule has 1 aromatic carbocycles. The number of nitrogens with zero attached hydrogens (tertiary/aromatic N) is 2. The summed E-state index contributed by atoms with van der Waals surface area (Å²) in [6.07, 6.45) is 3.25. The van der Waals surface area contributed by atoms with Crippen LogP contribution in [0.3, 0.4) is 0 Å². The zero-order chi connectivity index (χ0) is 17.7. The summed E-state index contributed by atoms with van der Waals surface area (Å²) in [6.45, 7) is 4.18. The van der Waals surface area contributed by atoms with Crippen molar-refractivity contribution in [1.82, 2.24) is 9.96 Å². The Morgan fingerprint density at radius 2 is 1.75 bits per heavy atom. The Kier molecular flexibility index (Phi) is 6.20. The molecule has 1 heterocycles. The molecule has 0 aliphatic carbocycles. The fourth-order valence-electron chi connectivity index (χ4n) is 3.09. The molecule has 0 bridgehead atoms. The monoisotopic (exact) mass is 334 g/mol. The summed E-state index contributed by atoms with van der Waals surface area (Å²) in [4.78, 5) is 31.1. The van der Waals surface area contributed by atoms with Crippen LogP contribution in [0.2, 0.25) is 0 Å². The normalized spacial score (nSPS) is 20.6. The Hall–Kier alpha value is -2.08. The van der Waals surface area contributed by atoms with Crippen LogP contribution in [0.1, 0.15) is 43.5 Å². The minimum Gasteiger partial charge on any atom is -0.484 e. The first-order valence-corrected chi connectivity index (χ1v) is 8.30. The van der Waals surface area contributed by atoms with Gasteiger partial charge >= 0.3 is 0 Å². The molecule has 2 unspecified atom stereocenters. The molecule has 2 rings (SSSR count). The molecule has 2 atom stereocenters. The van der Waals surface area contributed by atoms with Gasteiger partial charge in [-0.05, 0) is 57.4 Å². The van der Waals surface area contributed by atoms with Gasteiger partial charge < -0.3 is 9.64 Å². The van der Waals surface area contributed by atoms with Crippen molar-refractivity contribution in [1.29, 1.82) is 0 Å². The van der Waals surface area contributed by atoms with Gasteiger partial charge in [-0.1, -0.05) is 0 Å². The van der Waals surface area contributed by atoms with E-state index >= 15 is 0 Å². The second-order valence-corrected chi connectivity index (χ2v) is 6.23. The highest BCUT2D eigenvalue weighted by Gasteiger charge is 2.28. The smallest absolute Gasteiger partial charge is 0.277 e. The average Bonchev–Trinajstić information content (AvgIpc) is 2.59. The highest BCUT2D eigenvalue weighted by molar-refractivity contribution is 5.93. The van der Waals surface area contributed by atoms with Gasteiger partial charge in [0.15, 0.2) is 6.61 Å². The standard InChI is InChI=1S/C18H26N2O4/c1-13-6-5-7-14(2)20(13)17(21)12-24-16-10-8-15(9-11-16)18(22)19(3)23-4/h8-11,13-14H,5-7,12H2,1-4H3. The van der Waals surface area contributed by atoms with E-state index in [1.54, 1.807) is 31.3 Å². The van der Waals surface area contributed by atoms with E-state index in [9.17, 15) is 9.59 Å². The predicted octanol–water partition coefficient (Wildman–Crippen LogP) is 2.49. The van der Waals surface area contributed by atoms with Crippen molar-refractivity contribution in [3.8, 4) is 5.75 Å². The van der Waals surface area contributed by atoms with Crippen LogP contribution in [-0.4, -0.2) is 54.6 Å². The number of hydrogen-bond donors (Lipinski definition) is 0. The molecule has 2 amide bonds. The van der Waals surface area contributed by atoms with E-state index in [1.165, 1.54) is 13.5 Å². The molecule has 0 radical (unpaired) electrons. The molecule has 1 saturated heterocycles. The van der Waals surface area contributed by atoms with E-state index in [0.29, 0.717) is 11.3 Å². The van der Waals surface area contributed by atoms with Crippen LogP contribution >= 0.6 is 0 Å². The summed E-state index contributed by atoms with van der Waals surface area (Å²) in [5.41, 5.74) is 0.497. The van der Waals surface area contributed by atoms with E-state index in [-0.39, 0.29) is 30.5 Å². The zero-order valence-electron chi connectivity index (χ0n) is 14.8.